The molecule has 1 aliphatic carbocycles. The highest BCUT2D eigenvalue weighted by molar-refractivity contribution is 7.85. The van der Waals surface area contributed by atoms with Crippen LogP contribution in [0.3, 0.4) is 0 Å². The molecular weight excluding hydrogens is 248 g/mol. The van der Waals surface area contributed by atoms with E-state index >= 15 is 0 Å². The van der Waals surface area contributed by atoms with E-state index in [1.807, 2.05) is 0 Å². The van der Waals surface area contributed by atoms with Gasteiger partial charge in [0.1, 0.15) is 0 Å². The molecule has 0 fully saturated rings. The minimum Gasteiger partial charge on any atom is -0.270 e. The van der Waals surface area contributed by atoms with E-state index < -0.39 is 10.1 Å². The number of allylic oxidation sites excluding steroid dienone is 4. The Labute approximate surface area is 111 Å². The van der Waals surface area contributed by atoms with Crippen molar-refractivity contribution >= 4 is 10.1 Å². The van der Waals surface area contributed by atoms with E-state index in [-0.39, 0.29) is 0 Å². The fourth-order valence-electron chi connectivity index (χ4n) is 2.09. The van der Waals surface area contributed by atoms with Crippen LogP contribution in [0.4, 0.5) is 0 Å². The van der Waals surface area contributed by atoms with Gasteiger partial charge >= 0.3 is 0 Å². The molecule has 0 aromatic carbocycles. The molecule has 0 N–H and O–H groups in total. The van der Waals surface area contributed by atoms with Gasteiger partial charge in [0, 0.05) is 0 Å². The minimum atomic E-state index is -3.29. The van der Waals surface area contributed by atoms with Gasteiger partial charge in [0.2, 0.25) is 0 Å². The number of hydrogen-bond acceptors (Lipinski definition) is 3. The summed E-state index contributed by atoms with van der Waals surface area (Å²) >= 11 is 0. The topological polar surface area (TPSA) is 43.4 Å². The predicted octanol–water partition coefficient (Wildman–Crippen LogP) is 3.44. The molecule has 0 radical (unpaired) electrons. The van der Waals surface area contributed by atoms with Crippen LogP contribution < -0.4 is 0 Å². The van der Waals surface area contributed by atoms with Crippen LogP contribution in [0, 0.1) is 5.92 Å². The molecule has 0 saturated carbocycles. The highest BCUT2D eigenvalue weighted by atomic mass is 32.2. The lowest BCUT2D eigenvalue weighted by atomic mass is 9.88. The molecule has 18 heavy (non-hydrogen) atoms. The molecule has 0 saturated heterocycles. The summed E-state index contributed by atoms with van der Waals surface area (Å²) in [7, 11) is -3.29. The molecule has 3 nitrogen and oxygen atoms in total. The minimum absolute atomic E-state index is 0.330. The van der Waals surface area contributed by atoms with Gasteiger partial charge in [-0.15, -0.1) is 0 Å². The van der Waals surface area contributed by atoms with Crippen LogP contribution in [0.1, 0.15) is 46.0 Å². The van der Waals surface area contributed by atoms with Crippen molar-refractivity contribution in [3.63, 3.8) is 0 Å². The summed E-state index contributed by atoms with van der Waals surface area (Å²) in [4.78, 5) is 0. The summed E-state index contributed by atoms with van der Waals surface area (Å²) < 4.78 is 26.6. The molecule has 0 spiro atoms. The van der Waals surface area contributed by atoms with Gasteiger partial charge in [-0.1, -0.05) is 23.3 Å². The Hall–Kier alpha value is -0.610. The Kier molecular flexibility index (Phi) is 6.09. The van der Waals surface area contributed by atoms with Crippen LogP contribution in [0.25, 0.3) is 0 Å². The lowest BCUT2D eigenvalue weighted by molar-refractivity contribution is 0.244. The first-order valence-corrected chi connectivity index (χ1v) is 8.34. The Morgan fingerprint density at radius 3 is 2.72 bits per heavy atom. The van der Waals surface area contributed by atoms with E-state index in [4.69, 9.17) is 4.18 Å². The molecule has 0 aromatic rings. The molecule has 0 aliphatic heterocycles. The van der Waals surface area contributed by atoms with E-state index in [1.54, 1.807) is 0 Å². The lowest BCUT2D eigenvalue weighted by Crippen LogP contribution is -2.15. The van der Waals surface area contributed by atoms with Gasteiger partial charge in [-0.2, -0.15) is 8.42 Å². The van der Waals surface area contributed by atoms with Crippen LogP contribution in [0.5, 0.6) is 0 Å². The van der Waals surface area contributed by atoms with Gasteiger partial charge in [0.15, 0.2) is 0 Å². The first kappa shape index (κ1) is 15.4. The van der Waals surface area contributed by atoms with Crippen molar-refractivity contribution in [1.29, 1.82) is 0 Å². The summed E-state index contributed by atoms with van der Waals surface area (Å²) in [5, 5.41) is 0. The van der Waals surface area contributed by atoms with E-state index in [0.717, 1.165) is 38.4 Å². The normalized spacial score (nSPS) is 20.4. The second-order valence-electron chi connectivity index (χ2n) is 5.31. The fourth-order valence-corrected chi connectivity index (χ4v) is 2.53. The van der Waals surface area contributed by atoms with Gasteiger partial charge in [-0.05, 0) is 51.9 Å². The van der Waals surface area contributed by atoms with Gasteiger partial charge in [0.05, 0.1) is 12.9 Å². The molecule has 1 rings (SSSR count). The molecule has 104 valence electrons. The van der Waals surface area contributed by atoms with Crippen molar-refractivity contribution in [2.45, 2.75) is 46.0 Å². The summed E-state index contributed by atoms with van der Waals surface area (Å²) in [6.45, 7) is 4.57. The monoisotopic (exact) mass is 272 g/mol. The SMILES string of the molecule is CC(C)=CCCC1=CCC(COS(C)(=O)=O)CC1. The maximum Gasteiger partial charge on any atom is 0.264 e. The summed E-state index contributed by atoms with van der Waals surface area (Å²) in [6, 6.07) is 0. The zero-order valence-corrected chi connectivity index (χ0v) is 12.4. The molecule has 1 atom stereocenters. The van der Waals surface area contributed by atoms with E-state index in [1.165, 1.54) is 11.1 Å². The maximum absolute atomic E-state index is 10.9. The van der Waals surface area contributed by atoms with Gasteiger partial charge in [0.25, 0.3) is 10.1 Å². The number of hydrogen-bond donors (Lipinski definition) is 0. The molecule has 4 heteroatoms. The van der Waals surface area contributed by atoms with E-state index in [0.29, 0.717) is 12.5 Å². The fraction of sp³-hybridized carbons (Fsp3) is 0.714. The Morgan fingerprint density at radius 2 is 2.22 bits per heavy atom. The molecule has 1 aliphatic rings. The summed E-state index contributed by atoms with van der Waals surface area (Å²) in [5.74, 6) is 0.354. The van der Waals surface area contributed by atoms with Gasteiger partial charge < -0.3 is 0 Å². The first-order chi connectivity index (χ1) is 8.37. The lowest BCUT2D eigenvalue weighted by Gasteiger charge is -2.21. The van der Waals surface area contributed by atoms with Crippen LogP contribution in [-0.2, 0) is 14.3 Å². The van der Waals surface area contributed by atoms with Crippen LogP contribution >= 0.6 is 0 Å². The largest absolute Gasteiger partial charge is 0.270 e. The zero-order valence-electron chi connectivity index (χ0n) is 11.6. The van der Waals surface area contributed by atoms with Crippen molar-refractivity contribution in [2.24, 2.45) is 5.92 Å². The molecule has 1 unspecified atom stereocenters. The molecule has 0 aromatic heterocycles. The third-order valence-corrected chi connectivity index (χ3v) is 3.71. The molecule has 0 heterocycles. The highest BCUT2D eigenvalue weighted by Crippen LogP contribution is 2.26. The molecule has 0 amide bonds. The average molecular weight is 272 g/mol. The third kappa shape index (κ3) is 6.97. The number of rotatable bonds is 6. The van der Waals surface area contributed by atoms with E-state index in [9.17, 15) is 8.42 Å². The quantitative estimate of drug-likeness (QED) is 0.549. The van der Waals surface area contributed by atoms with Crippen molar-refractivity contribution in [2.75, 3.05) is 12.9 Å². The smallest absolute Gasteiger partial charge is 0.264 e. The zero-order chi connectivity index (χ0) is 13.6. The maximum atomic E-state index is 10.9. The van der Waals surface area contributed by atoms with E-state index in [2.05, 4.69) is 26.0 Å². The molecular formula is C14H24O3S. The van der Waals surface area contributed by atoms with Gasteiger partial charge in [-0.3, -0.25) is 4.18 Å². The Bertz CT molecular complexity index is 414. The summed E-state index contributed by atoms with van der Waals surface area (Å²) in [6.07, 6.45) is 10.9. The van der Waals surface area contributed by atoms with Crippen molar-refractivity contribution < 1.29 is 12.6 Å². The van der Waals surface area contributed by atoms with Crippen LogP contribution in [0.15, 0.2) is 23.3 Å². The summed E-state index contributed by atoms with van der Waals surface area (Å²) in [5.41, 5.74) is 2.87. The second-order valence-corrected chi connectivity index (χ2v) is 6.96. The van der Waals surface area contributed by atoms with Crippen LogP contribution in [-0.4, -0.2) is 21.3 Å². The molecule has 0 bridgehead atoms. The first-order valence-electron chi connectivity index (χ1n) is 6.52. The van der Waals surface area contributed by atoms with Crippen molar-refractivity contribution in [3.8, 4) is 0 Å². The predicted molar refractivity (Wildman–Crippen MR) is 74.9 cm³/mol. The Morgan fingerprint density at radius 1 is 1.50 bits per heavy atom. The standard InChI is InChI=1S/C14H24O3S/c1-12(2)5-4-6-13-7-9-14(10-8-13)11-17-18(3,15)16/h5,7,14H,4,6,8-11H2,1-3H3. The second kappa shape index (κ2) is 7.10. The van der Waals surface area contributed by atoms with Crippen LogP contribution in [0.2, 0.25) is 0 Å². The van der Waals surface area contributed by atoms with Crippen molar-refractivity contribution in [1.82, 2.24) is 0 Å². The Balaban J connectivity index is 2.30. The average Bonchev–Trinajstić information content (AvgIpc) is 2.26. The highest BCUT2D eigenvalue weighted by Gasteiger charge is 2.16. The van der Waals surface area contributed by atoms with Crippen molar-refractivity contribution in [3.05, 3.63) is 23.3 Å². The third-order valence-electron chi connectivity index (χ3n) is 3.15. The van der Waals surface area contributed by atoms with Gasteiger partial charge in [-0.25, -0.2) is 0 Å².